The summed E-state index contributed by atoms with van der Waals surface area (Å²) >= 11 is 0. The number of anilines is 3. The van der Waals surface area contributed by atoms with Crippen LogP contribution in [0.4, 0.5) is 17.1 Å². The Hall–Kier alpha value is -3.98. The normalized spacial score (nSPS) is 14.6. The van der Waals surface area contributed by atoms with Gasteiger partial charge < -0.3 is 26.4 Å². The number of carbonyl (C=O) groups excluding carboxylic acids is 1. The molecule has 0 aliphatic carbocycles. The van der Waals surface area contributed by atoms with Gasteiger partial charge in [0.25, 0.3) is 5.91 Å². The summed E-state index contributed by atoms with van der Waals surface area (Å²) in [6.07, 6.45) is 6.80. The van der Waals surface area contributed by atoms with Gasteiger partial charge in [-0.15, -0.1) is 0 Å². The van der Waals surface area contributed by atoms with Gasteiger partial charge in [-0.3, -0.25) is 15.2 Å². The number of nitrogens with one attached hydrogen (secondary N) is 2. The van der Waals surface area contributed by atoms with E-state index in [1.54, 1.807) is 48.8 Å². The first-order chi connectivity index (χ1) is 15.9. The number of rotatable bonds is 6. The molecule has 170 valence electrons. The van der Waals surface area contributed by atoms with Gasteiger partial charge in [0.1, 0.15) is 11.8 Å². The van der Waals surface area contributed by atoms with Crippen molar-refractivity contribution in [3.8, 4) is 17.0 Å². The number of hydrogen-bond donors (Lipinski definition) is 4. The van der Waals surface area contributed by atoms with Gasteiger partial charge >= 0.3 is 0 Å². The maximum absolute atomic E-state index is 12.7. The minimum atomic E-state index is -0.588. The number of amides is 1. The fraction of sp³-hybridized carbons (Fsp3) is 0.250. The van der Waals surface area contributed by atoms with Crippen molar-refractivity contribution in [1.29, 1.82) is 5.41 Å². The number of hydrogen-bond acceptors (Lipinski definition) is 8. The predicted molar refractivity (Wildman–Crippen MR) is 129 cm³/mol. The molecular formula is C24H27N7O2. The minimum Gasteiger partial charge on any atom is -0.474 e. The number of nitrogen functional groups attached to an aromatic ring is 2. The Morgan fingerprint density at radius 2 is 1.88 bits per heavy atom. The molecule has 9 heteroatoms. The average molecular weight is 446 g/mol. The largest absolute Gasteiger partial charge is 0.474 e. The van der Waals surface area contributed by atoms with E-state index >= 15 is 0 Å². The van der Waals surface area contributed by atoms with Crippen LogP contribution in [-0.2, 0) is 4.79 Å². The number of likely N-dealkylation sites (tertiary alicyclic amines) is 1. The van der Waals surface area contributed by atoms with Gasteiger partial charge in [0.15, 0.2) is 0 Å². The zero-order valence-corrected chi connectivity index (χ0v) is 18.4. The van der Waals surface area contributed by atoms with Crippen LogP contribution in [0.1, 0.15) is 18.4 Å². The zero-order chi connectivity index (χ0) is 23.4. The van der Waals surface area contributed by atoms with Gasteiger partial charge in [-0.05, 0) is 49.7 Å². The second-order valence-electron chi connectivity index (χ2n) is 8.14. The highest BCUT2D eigenvalue weighted by Crippen LogP contribution is 2.25. The van der Waals surface area contributed by atoms with Gasteiger partial charge in [0.2, 0.25) is 5.88 Å². The molecule has 0 atom stereocenters. The lowest BCUT2D eigenvalue weighted by atomic mass is 10.00. The topological polar surface area (TPSA) is 143 Å². The van der Waals surface area contributed by atoms with Crippen molar-refractivity contribution in [1.82, 2.24) is 14.9 Å². The van der Waals surface area contributed by atoms with Crippen molar-refractivity contribution in [3.05, 3.63) is 60.6 Å². The molecule has 0 spiro atoms. The number of nitrogens with zero attached hydrogens (tertiary/aromatic N) is 3. The second kappa shape index (κ2) is 9.66. The van der Waals surface area contributed by atoms with E-state index in [0.717, 1.165) is 37.1 Å². The molecule has 1 saturated heterocycles. The van der Waals surface area contributed by atoms with Crippen molar-refractivity contribution < 1.29 is 9.53 Å². The van der Waals surface area contributed by atoms with Crippen LogP contribution in [0.3, 0.4) is 0 Å². The number of benzene rings is 1. The molecule has 0 saturated carbocycles. The molecule has 0 unspecified atom stereocenters. The maximum Gasteiger partial charge on any atom is 0.274 e. The highest BCUT2D eigenvalue weighted by molar-refractivity contribution is 6.48. The zero-order valence-electron chi connectivity index (χ0n) is 18.4. The smallest absolute Gasteiger partial charge is 0.274 e. The van der Waals surface area contributed by atoms with Crippen molar-refractivity contribution in [2.45, 2.75) is 18.9 Å². The number of carbonyl (C=O) groups is 1. The number of pyridine rings is 2. The molecular weight excluding hydrogens is 418 g/mol. The van der Waals surface area contributed by atoms with Crippen LogP contribution in [0.15, 0.2) is 55.0 Å². The quantitative estimate of drug-likeness (QED) is 0.337. The van der Waals surface area contributed by atoms with Crippen molar-refractivity contribution >= 4 is 28.7 Å². The molecule has 1 aliphatic heterocycles. The van der Waals surface area contributed by atoms with E-state index in [1.807, 2.05) is 0 Å². The van der Waals surface area contributed by atoms with E-state index in [4.69, 9.17) is 21.6 Å². The minimum absolute atomic E-state index is 0.146. The van der Waals surface area contributed by atoms with E-state index in [-0.39, 0.29) is 11.8 Å². The standard InChI is InChI=1S/C24H27N7O2/c1-31-8-6-19(7-9-31)33-22-5-3-18(14-29-22)30-24(32)23(27)20-11-15(2-4-21(20)26)16-10-17(25)13-28-12-16/h2-5,10-14,19,27H,6-9,25-26H2,1H3,(H,30,32). The highest BCUT2D eigenvalue weighted by atomic mass is 16.5. The number of nitrogens with two attached hydrogens (primary N) is 2. The molecule has 0 radical (unpaired) electrons. The molecule has 6 N–H and O–H groups in total. The Balaban J connectivity index is 1.42. The number of aromatic nitrogens is 2. The van der Waals surface area contributed by atoms with Crippen LogP contribution in [0.5, 0.6) is 5.88 Å². The lowest BCUT2D eigenvalue weighted by Crippen LogP contribution is -2.35. The average Bonchev–Trinajstić information content (AvgIpc) is 2.81. The summed E-state index contributed by atoms with van der Waals surface area (Å²) in [6.45, 7) is 2.00. The summed E-state index contributed by atoms with van der Waals surface area (Å²) in [5, 5.41) is 11.1. The summed E-state index contributed by atoms with van der Waals surface area (Å²) in [6, 6.07) is 10.3. The second-order valence-corrected chi connectivity index (χ2v) is 8.14. The Morgan fingerprint density at radius 3 is 2.58 bits per heavy atom. The molecule has 3 heterocycles. The van der Waals surface area contributed by atoms with E-state index in [2.05, 4.69) is 27.2 Å². The van der Waals surface area contributed by atoms with Crippen LogP contribution < -0.4 is 21.5 Å². The van der Waals surface area contributed by atoms with Gasteiger partial charge in [-0.1, -0.05) is 6.07 Å². The molecule has 9 nitrogen and oxygen atoms in total. The molecule has 1 aliphatic rings. The summed E-state index contributed by atoms with van der Waals surface area (Å²) < 4.78 is 5.94. The van der Waals surface area contributed by atoms with Crippen molar-refractivity contribution in [2.75, 3.05) is 36.9 Å². The van der Waals surface area contributed by atoms with Gasteiger partial charge in [-0.2, -0.15) is 0 Å². The Kier molecular flexibility index (Phi) is 6.50. The first-order valence-corrected chi connectivity index (χ1v) is 10.7. The Morgan fingerprint density at radius 1 is 1.09 bits per heavy atom. The highest BCUT2D eigenvalue weighted by Gasteiger charge is 2.19. The predicted octanol–water partition coefficient (Wildman–Crippen LogP) is 2.79. The Bertz CT molecular complexity index is 1160. The van der Waals surface area contributed by atoms with Gasteiger partial charge in [0, 0.05) is 48.4 Å². The van der Waals surface area contributed by atoms with E-state index in [1.165, 1.54) is 6.20 Å². The first kappa shape index (κ1) is 22.2. The fourth-order valence-corrected chi connectivity index (χ4v) is 3.68. The first-order valence-electron chi connectivity index (χ1n) is 10.7. The summed E-state index contributed by atoms with van der Waals surface area (Å²) in [4.78, 5) is 23.4. The third-order valence-electron chi connectivity index (χ3n) is 5.59. The third kappa shape index (κ3) is 5.45. The molecule has 1 fully saturated rings. The van der Waals surface area contributed by atoms with Crippen LogP contribution >= 0.6 is 0 Å². The molecule has 1 aromatic carbocycles. The van der Waals surface area contributed by atoms with Gasteiger partial charge in [0.05, 0.1) is 17.6 Å². The van der Waals surface area contributed by atoms with E-state index < -0.39 is 5.91 Å². The van der Waals surface area contributed by atoms with Crippen LogP contribution in [-0.4, -0.2) is 52.7 Å². The van der Waals surface area contributed by atoms with Crippen molar-refractivity contribution in [3.63, 3.8) is 0 Å². The molecule has 33 heavy (non-hydrogen) atoms. The molecule has 3 aromatic rings. The van der Waals surface area contributed by atoms with Crippen LogP contribution in [0.25, 0.3) is 11.1 Å². The van der Waals surface area contributed by atoms with Crippen molar-refractivity contribution in [2.24, 2.45) is 0 Å². The summed E-state index contributed by atoms with van der Waals surface area (Å²) in [7, 11) is 2.10. The summed E-state index contributed by atoms with van der Waals surface area (Å²) in [5.41, 5.74) is 14.8. The SMILES string of the molecule is CN1CCC(Oc2ccc(NC(=O)C(=N)c3cc(-c4cncc(N)c4)ccc3N)cn2)CC1. The fourth-order valence-electron chi connectivity index (χ4n) is 3.68. The molecule has 2 aromatic heterocycles. The molecule has 1 amide bonds. The maximum atomic E-state index is 12.7. The monoisotopic (exact) mass is 445 g/mol. The lowest BCUT2D eigenvalue weighted by Gasteiger charge is -2.28. The Labute approximate surface area is 192 Å². The third-order valence-corrected chi connectivity index (χ3v) is 5.59. The van der Waals surface area contributed by atoms with Crippen LogP contribution in [0, 0.1) is 5.41 Å². The van der Waals surface area contributed by atoms with Gasteiger partial charge in [-0.25, -0.2) is 4.98 Å². The van der Waals surface area contributed by atoms with E-state index in [9.17, 15) is 4.79 Å². The van der Waals surface area contributed by atoms with E-state index in [0.29, 0.717) is 28.5 Å². The lowest BCUT2D eigenvalue weighted by molar-refractivity contribution is -0.110. The number of piperidine rings is 1. The molecule has 0 bridgehead atoms. The summed E-state index contributed by atoms with van der Waals surface area (Å²) in [5.74, 6) is -0.0688. The molecule has 4 rings (SSSR count). The number of ether oxygens (including phenoxy) is 1. The van der Waals surface area contributed by atoms with Crippen LogP contribution in [0.2, 0.25) is 0 Å².